The van der Waals surface area contributed by atoms with Crippen molar-refractivity contribution in [2.45, 2.75) is 6.92 Å². The van der Waals surface area contributed by atoms with Crippen molar-refractivity contribution in [1.29, 1.82) is 0 Å². The van der Waals surface area contributed by atoms with Gasteiger partial charge in [-0.1, -0.05) is 17.7 Å². The second-order valence-corrected chi connectivity index (χ2v) is 6.27. The zero-order valence-corrected chi connectivity index (χ0v) is 13.4. The van der Waals surface area contributed by atoms with E-state index in [1.54, 1.807) is 24.1 Å². The zero-order valence-electron chi connectivity index (χ0n) is 12.6. The summed E-state index contributed by atoms with van der Waals surface area (Å²) in [4.78, 5) is 17.4. The lowest BCUT2D eigenvalue weighted by atomic mass is 10.2. The maximum absolute atomic E-state index is 12.9. The van der Waals surface area contributed by atoms with Crippen LogP contribution in [-0.2, 0) is 0 Å². The first kappa shape index (κ1) is 13.8. The first-order valence-electron chi connectivity index (χ1n) is 7.09. The molecule has 0 amide bonds. The molecule has 114 valence electrons. The average molecular weight is 323 g/mol. The molecule has 0 aliphatic carbocycles. The Morgan fingerprint density at radius 2 is 2.00 bits per heavy atom. The second-order valence-electron chi connectivity index (χ2n) is 5.22. The van der Waals surface area contributed by atoms with Crippen LogP contribution < -0.4 is 10.9 Å². The van der Waals surface area contributed by atoms with E-state index in [-0.39, 0.29) is 5.56 Å². The van der Waals surface area contributed by atoms with E-state index in [1.807, 2.05) is 31.2 Å². The van der Waals surface area contributed by atoms with Crippen molar-refractivity contribution in [1.82, 2.24) is 19.7 Å². The maximum atomic E-state index is 12.9. The number of aromatic nitrogens is 4. The number of hydrogen-bond acceptors (Lipinski definition) is 6. The van der Waals surface area contributed by atoms with E-state index in [0.29, 0.717) is 16.0 Å². The van der Waals surface area contributed by atoms with Crippen molar-refractivity contribution >= 4 is 37.5 Å². The van der Waals surface area contributed by atoms with Gasteiger partial charge in [-0.3, -0.25) is 9.36 Å². The summed E-state index contributed by atoms with van der Waals surface area (Å²) >= 11 is 1.39. The Kier molecular flexibility index (Phi) is 3.09. The van der Waals surface area contributed by atoms with Crippen LogP contribution >= 0.6 is 11.3 Å². The normalized spacial score (nSPS) is 11.2. The molecule has 0 spiro atoms. The molecule has 1 N–H and O–H groups in total. The summed E-state index contributed by atoms with van der Waals surface area (Å²) in [7, 11) is 1.78. The predicted octanol–water partition coefficient (Wildman–Crippen LogP) is 2.74. The molecule has 23 heavy (non-hydrogen) atoms. The fourth-order valence-electron chi connectivity index (χ4n) is 2.56. The highest BCUT2D eigenvalue weighted by Gasteiger charge is 2.15. The van der Waals surface area contributed by atoms with Gasteiger partial charge < -0.3 is 5.32 Å². The lowest BCUT2D eigenvalue weighted by Gasteiger charge is -2.05. The van der Waals surface area contributed by atoms with Crippen LogP contribution in [0.1, 0.15) is 5.56 Å². The standard InChI is InChI=1S/C16H13N5OS/c1-9-3-5-10(6-4-9)21-8-18-13-12-11(23-14(13)16(21)22)7-19-20-15(12)17-2/h3-8H,1-2H3,(H,17,20). The summed E-state index contributed by atoms with van der Waals surface area (Å²) < 4.78 is 3.07. The van der Waals surface area contributed by atoms with Crippen LogP contribution in [-0.4, -0.2) is 26.8 Å². The summed E-state index contributed by atoms with van der Waals surface area (Å²) in [5, 5.41) is 11.9. The predicted molar refractivity (Wildman–Crippen MR) is 92.6 cm³/mol. The molecule has 0 fully saturated rings. The minimum absolute atomic E-state index is 0.0814. The van der Waals surface area contributed by atoms with Crippen LogP contribution in [0.4, 0.5) is 5.82 Å². The lowest BCUT2D eigenvalue weighted by Crippen LogP contribution is -2.17. The van der Waals surface area contributed by atoms with Gasteiger partial charge in [-0.05, 0) is 19.1 Å². The molecule has 0 radical (unpaired) electrons. The monoisotopic (exact) mass is 323 g/mol. The second kappa shape index (κ2) is 5.13. The van der Waals surface area contributed by atoms with Crippen LogP contribution in [0.2, 0.25) is 0 Å². The molecule has 0 saturated carbocycles. The van der Waals surface area contributed by atoms with Gasteiger partial charge in [0.05, 0.1) is 22.0 Å². The number of nitrogens with one attached hydrogen (secondary N) is 1. The Balaban J connectivity index is 2.04. The highest BCUT2D eigenvalue weighted by Crippen LogP contribution is 2.33. The van der Waals surface area contributed by atoms with Crippen LogP contribution in [0.3, 0.4) is 0 Å². The highest BCUT2D eigenvalue weighted by atomic mass is 32.1. The molecule has 1 aromatic carbocycles. The topological polar surface area (TPSA) is 72.7 Å². The number of nitrogens with zero attached hydrogens (tertiary/aromatic N) is 4. The first-order chi connectivity index (χ1) is 11.2. The number of fused-ring (bicyclic) bond motifs is 3. The maximum Gasteiger partial charge on any atom is 0.275 e. The number of anilines is 1. The Hall–Kier alpha value is -2.80. The minimum atomic E-state index is -0.0814. The van der Waals surface area contributed by atoms with E-state index < -0.39 is 0 Å². The molecule has 6 nitrogen and oxygen atoms in total. The van der Waals surface area contributed by atoms with Gasteiger partial charge >= 0.3 is 0 Å². The van der Waals surface area contributed by atoms with Gasteiger partial charge in [0.1, 0.15) is 16.5 Å². The highest BCUT2D eigenvalue weighted by molar-refractivity contribution is 7.25. The SMILES string of the molecule is CNc1nncc2sc3c(=O)n(-c4ccc(C)cc4)cnc3c12. The zero-order chi connectivity index (χ0) is 16.0. The van der Waals surface area contributed by atoms with Crippen molar-refractivity contribution in [2.24, 2.45) is 0 Å². The van der Waals surface area contributed by atoms with Gasteiger partial charge in [0.2, 0.25) is 0 Å². The number of benzene rings is 1. The van der Waals surface area contributed by atoms with E-state index in [1.165, 1.54) is 11.3 Å². The van der Waals surface area contributed by atoms with Crippen molar-refractivity contribution in [3.63, 3.8) is 0 Å². The van der Waals surface area contributed by atoms with E-state index >= 15 is 0 Å². The van der Waals surface area contributed by atoms with Crippen molar-refractivity contribution < 1.29 is 0 Å². The van der Waals surface area contributed by atoms with E-state index in [9.17, 15) is 4.79 Å². The Bertz CT molecular complexity index is 1080. The molecule has 0 saturated heterocycles. The van der Waals surface area contributed by atoms with E-state index in [2.05, 4.69) is 20.5 Å². The Morgan fingerprint density at radius 1 is 1.22 bits per heavy atom. The van der Waals surface area contributed by atoms with E-state index in [0.717, 1.165) is 21.3 Å². The molecule has 7 heteroatoms. The van der Waals surface area contributed by atoms with Gasteiger partial charge in [-0.2, -0.15) is 5.10 Å². The van der Waals surface area contributed by atoms with Gasteiger partial charge in [0, 0.05) is 7.05 Å². The van der Waals surface area contributed by atoms with Gasteiger partial charge in [-0.25, -0.2) is 4.98 Å². The number of thiophene rings is 1. The quantitative estimate of drug-likeness (QED) is 0.614. The van der Waals surface area contributed by atoms with Crippen LogP contribution in [0.25, 0.3) is 26.0 Å². The van der Waals surface area contributed by atoms with Crippen LogP contribution in [0.15, 0.2) is 41.6 Å². The molecule has 4 rings (SSSR count). The summed E-state index contributed by atoms with van der Waals surface area (Å²) in [6.45, 7) is 2.01. The first-order valence-corrected chi connectivity index (χ1v) is 7.91. The average Bonchev–Trinajstić information content (AvgIpc) is 2.96. The summed E-state index contributed by atoms with van der Waals surface area (Å²) in [6, 6.07) is 7.78. The van der Waals surface area contributed by atoms with E-state index in [4.69, 9.17) is 0 Å². The molecule has 0 aliphatic heterocycles. The van der Waals surface area contributed by atoms with Crippen molar-refractivity contribution in [3.8, 4) is 5.69 Å². The molecule has 4 aromatic rings. The molecular weight excluding hydrogens is 310 g/mol. The lowest BCUT2D eigenvalue weighted by molar-refractivity contribution is 0.966. The fourth-order valence-corrected chi connectivity index (χ4v) is 3.61. The molecule has 0 aliphatic rings. The van der Waals surface area contributed by atoms with Gasteiger partial charge in [0.25, 0.3) is 5.56 Å². The van der Waals surface area contributed by atoms with Crippen molar-refractivity contribution in [2.75, 3.05) is 12.4 Å². The molecular formula is C16H13N5OS. The fraction of sp³-hybridized carbons (Fsp3) is 0.125. The molecule has 3 aromatic heterocycles. The summed E-state index contributed by atoms with van der Waals surface area (Å²) in [5.74, 6) is 0.633. The third-order valence-corrected chi connectivity index (χ3v) is 4.85. The molecule has 0 atom stereocenters. The third-order valence-electron chi connectivity index (χ3n) is 3.74. The van der Waals surface area contributed by atoms with Crippen molar-refractivity contribution in [3.05, 3.63) is 52.7 Å². The van der Waals surface area contributed by atoms with Crippen LogP contribution in [0, 0.1) is 6.92 Å². The van der Waals surface area contributed by atoms with Gasteiger partial charge in [0.15, 0.2) is 5.82 Å². The minimum Gasteiger partial charge on any atom is -0.371 e. The summed E-state index contributed by atoms with van der Waals surface area (Å²) in [6.07, 6.45) is 3.24. The molecule has 3 heterocycles. The molecule has 0 bridgehead atoms. The number of hydrogen-bond donors (Lipinski definition) is 1. The number of rotatable bonds is 2. The van der Waals surface area contributed by atoms with Crippen LogP contribution in [0.5, 0.6) is 0 Å². The van der Waals surface area contributed by atoms with Gasteiger partial charge in [-0.15, -0.1) is 16.4 Å². The Labute approximate surface area is 135 Å². The third kappa shape index (κ3) is 2.08. The largest absolute Gasteiger partial charge is 0.371 e. The Morgan fingerprint density at radius 3 is 2.74 bits per heavy atom. The number of aryl methyl sites for hydroxylation is 1. The molecule has 0 unspecified atom stereocenters. The summed E-state index contributed by atoms with van der Waals surface area (Å²) in [5.41, 5.74) is 2.53. The smallest absolute Gasteiger partial charge is 0.275 e.